The molecule has 1 aromatic heterocycles. The number of thiophene rings is 1. The lowest BCUT2D eigenvalue weighted by Gasteiger charge is -2.37. The van der Waals surface area contributed by atoms with Gasteiger partial charge in [-0.15, -0.1) is 11.3 Å². The number of hydrogen-bond donors (Lipinski definition) is 2. The zero-order chi connectivity index (χ0) is 45.0. The van der Waals surface area contributed by atoms with Crippen LogP contribution in [0.1, 0.15) is 84.0 Å². The molecule has 2 N–H and O–H groups in total. The van der Waals surface area contributed by atoms with E-state index in [0.29, 0.717) is 35.9 Å². The lowest BCUT2D eigenvalue weighted by molar-refractivity contribution is -0.148. The Hall–Kier alpha value is -5.17. The minimum absolute atomic E-state index is 0.0268. The van der Waals surface area contributed by atoms with E-state index in [2.05, 4.69) is 16.5 Å². The second-order valence-corrected chi connectivity index (χ2v) is 20.2. The van der Waals surface area contributed by atoms with Crippen LogP contribution in [-0.4, -0.2) is 104 Å². The van der Waals surface area contributed by atoms with E-state index in [9.17, 15) is 29.0 Å². The standard InChI is InChI=1S/C47H53FN5O9PS/c1-59-23-24-61-46(57)38(29-60-2)51-63(58,62-34-14-7-4-8-15-34)42(48)31-17-20-40-32(25-31)26-41(64-40)43(54)50-37-16-10-9-13-33-18-19-39(53(33)44(37)55)45(56)52-28-35(30-11-5-3-6-12-30)36(27-49)47(52)21-22-47/h3-8,11-12,14-15,17,20,25-26,33,35-39,42H,9-10,13,16,18-19,21-24,28-29H2,1-2H3,(H,50,54)(H,51,58)/t33-,35+,36+,37?,38-,39-,42+,63?/m0/s1. The summed E-state index contributed by atoms with van der Waals surface area (Å²) in [5, 5.41) is 16.4. The van der Waals surface area contributed by atoms with Gasteiger partial charge in [0.15, 0.2) is 0 Å². The number of rotatable bonds is 16. The van der Waals surface area contributed by atoms with E-state index in [0.717, 1.165) is 49.0 Å². The predicted molar refractivity (Wildman–Crippen MR) is 237 cm³/mol. The first-order chi connectivity index (χ1) is 31.0. The number of nitrogens with zero attached hydrogens (tertiary/aromatic N) is 3. The molecule has 3 amide bonds. The lowest BCUT2D eigenvalue weighted by atomic mass is 9.85. The molecular weight excluding hydrogens is 861 g/mol. The van der Waals surface area contributed by atoms with E-state index in [1.54, 1.807) is 35.2 Å². The summed E-state index contributed by atoms with van der Waals surface area (Å²) in [7, 11) is -1.82. The smallest absolute Gasteiger partial charge is 0.355 e. The minimum Gasteiger partial charge on any atom is -0.462 e. The molecule has 4 aliphatic rings. The summed E-state index contributed by atoms with van der Waals surface area (Å²) in [6.45, 7) is 0.166. The first kappa shape index (κ1) is 45.4. The number of methoxy groups -OCH3 is 2. The maximum Gasteiger partial charge on any atom is 0.355 e. The van der Waals surface area contributed by atoms with Crippen LogP contribution in [0.4, 0.5) is 4.39 Å². The maximum atomic E-state index is 16.8. The molecule has 4 aromatic rings. The third-order valence-corrected chi connectivity index (χ3v) is 16.2. The zero-order valence-corrected chi connectivity index (χ0v) is 37.6. The van der Waals surface area contributed by atoms with Crippen molar-refractivity contribution in [2.45, 2.75) is 92.9 Å². The number of fused-ring (bicyclic) bond motifs is 2. The van der Waals surface area contributed by atoms with Crippen molar-refractivity contribution < 1.29 is 46.9 Å². The van der Waals surface area contributed by atoms with E-state index in [-0.39, 0.29) is 65.7 Å². The number of para-hydroxylation sites is 1. The number of likely N-dealkylation sites (tertiary alicyclic amines) is 1. The van der Waals surface area contributed by atoms with Crippen LogP contribution in [0.2, 0.25) is 0 Å². The van der Waals surface area contributed by atoms with Crippen LogP contribution >= 0.6 is 18.9 Å². The van der Waals surface area contributed by atoms with Gasteiger partial charge in [-0.2, -0.15) is 5.26 Å². The Kier molecular flexibility index (Phi) is 13.8. The Morgan fingerprint density at radius 3 is 2.39 bits per heavy atom. The largest absolute Gasteiger partial charge is 0.462 e. The fourth-order valence-electron chi connectivity index (χ4n) is 9.73. The quantitative estimate of drug-likeness (QED) is 0.0657. The topological polar surface area (TPSA) is 177 Å². The van der Waals surface area contributed by atoms with Gasteiger partial charge in [0.2, 0.25) is 17.7 Å². The third kappa shape index (κ3) is 9.19. The fraction of sp³-hybridized carbons (Fsp3) is 0.468. The van der Waals surface area contributed by atoms with Crippen molar-refractivity contribution in [3.8, 4) is 11.8 Å². The van der Waals surface area contributed by atoms with Crippen LogP contribution in [0.5, 0.6) is 5.75 Å². The van der Waals surface area contributed by atoms with Crippen molar-refractivity contribution in [3.05, 3.63) is 101 Å². The molecule has 338 valence electrons. The normalized spacial score (nSPS) is 24.5. The van der Waals surface area contributed by atoms with Gasteiger partial charge in [-0.25, -0.2) is 9.48 Å². The average Bonchev–Trinajstić information content (AvgIpc) is 3.63. The summed E-state index contributed by atoms with van der Waals surface area (Å²) in [6, 6.07) is 23.5. The highest BCUT2D eigenvalue weighted by molar-refractivity contribution is 7.57. The van der Waals surface area contributed by atoms with Crippen molar-refractivity contribution >= 4 is 52.6 Å². The van der Waals surface area contributed by atoms with Crippen molar-refractivity contribution in [2.24, 2.45) is 5.92 Å². The van der Waals surface area contributed by atoms with Gasteiger partial charge < -0.3 is 33.9 Å². The molecule has 0 radical (unpaired) electrons. The minimum atomic E-state index is -4.60. The molecule has 14 nitrogen and oxygen atoms in total. The summed E-state index contributed by atoms with van der Waals surface area (Å²) >= 11 is 1.16. The van der Waals surface area contributed by atoms with Crippen LogP contribution in [0, 0.1) is 17.2 Å². The van der Waals surface area contributed by atoms with Crippen LogP contribution < -0.4 is 14.9 Å². The fourth-order valence-corrected chi connectivity index (χ4v) is 12.6. The first-order valence-electron chi connectivity index (χ1n) is 21.8. The summed E-state index contributed by atoms with van der Waals surface area (Å²) in [6.07, 6.45) is 5.45. The predicted octanol–water partition coefficient (Wildman–Crippen LogP) is 7.27. The number of halogens is 1. The monoisotopic (exact) mass is 913 g/mol. The first-order valence-corrected chi connectivity index (χ1v) is 24.3. The van der Waals surface area contributed by atoms with E-state index < -0.39 is 49.0 Å². The number of nitrogens with one attached hydrogen (secondary N) is 2. The van der Waals surface area contributed by atoms with Gasteiger partial charge in [0.05, 0.1) is 35.6 Å². The summed E-state index contributed by atoms with van der Waals surface area (Å²) in [4.78, 5) is 60.1. The second kappa shape index (κ2) is 19.5. The number of alkyl halides is 1. The molecule has 1 spiro atoms. The van der Waals surface area contributed by atoms with Crippen molar-refractivity contribution in [2.75, 3.05) is 40.6 Å². The number of nitriles is 1. The highest BCUT2D eigenvalue weighted by Crippen LogP contribution is 2.59. The van der Waals surface area contributed by atoms with E-state index in [1.165, 1.54) is 38.5 Å². The average molecular weight is 914 g/mol. The van der Waals surface area contributed by atoms with E-state index in [4.69, 9.17) is 18.7 Å². The number of hydrogen-bond acceptors (Lipinski definition) is 11. The third-order valence-electron chi connectivity index (χ3n) is 13.0. The highest BCUT2D eigenvalue weighted by Gasteiger charge is 2.64. The van der Waals surface area contributed by atoms with Crippen LogP contribution in [-0.2, 0) is 33.2 Å². The molecule has 0 bridgehead atoms. The Morgan fingerprint density at radius 1 is 0.953 bits per heavy atom. The summed E-state index contributed by atoms with van der Waals surface area (Å²) in [5.74, 6) is -4.33. The van der Waals surface area contributed by atoms with Gasteiger partial charge in [-0.1, -0.05) is 67.4 Å². The van der Waals surface area contributed by atoms with E-state index in [1.807, 2.05) is 35.2 Å². The van der Waals surface area contributed by atoms with E-state index >= 15 is 4.39 Å². The van der Waals surface area contributed by atoms with Gasteiger partial charge >= 0.3 is 13.5 Å². The molecule has 1 aliphatic carbocycles. The van der Waals surface area contributed by atoms with Crippen molar-refractivity contribution in [3.63, 3.8) is 0 Å². The molecule has 17 heteroatoms. The van der Waals surface area contributed by atoms with Crippen molar-refractivity contribution in [1.82, 2.24) is 20.2 Å². The maximum absolute atomic E-state index is 16.8. The molecule has 4 fully saturated rings. The van der Waals surface area contributed by atoms with Gasteiger partial charge in [0, 0.05) is 37.4 Å². The number of carbonyl (C=O) groups is 4. The van der Waals surface area contributed by atoms with Crippen LogP contribution in [0.3, 0.4) is 0 Å². The van der Waals surface area contributed by atoms with Gasteiger partial charge in [0.25, 0.3) is 5.91 Å². The van der Waals surface area contributed by atoms with Gasteiger partial charge in [-0.3, -0.25) is 23.7 Å². The molecule has 8 rings (SSSR count). The molecule has 3 saturated heterocycles. The number of carbonyl (C=O) groups excluding carboxylic acids is 4. The molecule has 2 unspecified atom stereocenters. The number of esters is 1. The Labute approximate surface area is 375 Å². The summed E-state index contributed by atoms with van der Waals surface area (Å²) in [5.41, 5.74) is 0.478. The van der Waals surface area contributed by atoms with Crippen LogP contribution in [0.25, 0.3) is 10.1 Å². The Morgan fingerprint density at radius 2 is 1.69 bits per heavy atom. The Bertz CT molecular complexity index is 2430. The molecule has 3 aliphatic heterocycles. The van der Waals surface area contributed by atoms with Crippen LogP contribution in [0.15, 0.2) is 84.9 Å². The lowest BCUT2D eigenvalue weighted by Crippen LogP contribution is -2.57. The zero-order valence-electron chi connectivity index (χ0n) is 35.9. The molecular formula is C47H53FN5O9PS. The Balaban J connectivity index is 0.994. The molecule has 1 saturated carbocycles. The number of benzene rings is 3. The van der Waals surface area contributed by atoms with Gasteiger partial charge in [-0.05, 0) is 85.4 Å². The van der Waals surface area contributed by atoms with Gasteiger partial charge in [0.1, 0.15) is 30.5 Å². The molecule has 64 heavy (non-hydrogen) atoms. The SMILES string of the molecule is COCCOC(=O)[C@H](COC)NP(=O)(Oc1ccccc1)[C@@H](F)c1ccc2sc(C(=O)NC3CCCC[C@H]4CC[C@@H](C(=O)N5C[C@H](c6ccccc6)[C@@H](C#N)C56CC6)N4C3=O)cc2c1. The number of ether oxygens (including phenoxy) is 3. The van der Waals surface area contributed by atoms with Crippen molar-refractivity contribution in [1.29, 1.82) is 5.26 Å². The molecule has 4 heterocycles. The second-order valence-electron chi connectivity index (χ2n) is 17.0. The highest BCUT2D eigenvalue weighted by atomic mass is 32.1. The molecule has 3 aromatic carbocycles. The molecule has 8 atom stereocenters. The number of amides is 3. The summed E-state index contributed by atoms with van der Waals surface area (Å²) < 4.78 is 53.2.